The van der Waals surface area contributed by atoms with Gasteiger partial charge in [0, 0.05) is 5.33 Å². The molecule has 0 saturated carbocycles. The Morgan fingerprint density at radius 1 is 1.44 bits per heavy atom. The van der Waals surface area contributed by atoms with E-state index in [1.807, 2.05) is 6.07 Å². The molecular formula is C13H17BrO2. The Hall–Kier alpha value is -0.830. The first-order valence-corrected chi connectivity index (χ1v) is 6.50. The smallest absolute Gasteiger partial charge is 0.309 e. The number of halogens is 1. The SMILES string of the molecule is COC(=O)Cc1ccc(CCCBr)c(C)c1. The van der Waals surface area contributed by atoms with Gasteiger partial charge in [-0.1, -0.05) is 34.1 Å². The van der Waals surface area contributed by atoms with Gasteiger partial charge in [0.15, 0.2) is 0 Å². The highest BCUT2D eigenvalue weighted by atomic mass is 79.9. The van der Waals surface area contributed by atoms with Gasteiger partial charge in [-0.05, 0) is 36.5 Å². The van der Waals surface area contributed by atoms with E-state index in [1.54, 1.807) is 0 Å². The van der Waals surface area contributed by atoms with Gasteiger partial charge in [-0.25, -0.2) is 0 Å². The number of hydrogen-bond acceptors (Lipinski definition) is 2. The fourth-order valence-corrected chi connectivity index (χ4v) is 1.92. The summed E-state index contributed by atoms with van der Waals surface area (Å²) < 4.78 is 4.64. The predicted molar refractivity (Wildman–Crippen MR) is 69.0 cm³/mol. The zero-order valence-electron chi connectivity index (χ0n) is 9.75. The van der Waals surface area contributed by atoms with Gasteiger partial charge in [0.2, 0.25) is 0 Å². The Kier molecular flexibility index (Phi) is 5.53. The molecule has 16 heavy (non-hydrogen) atoms. The molecule has 0 heterocycles. The summed E-state index contributed by atoms with van der Waals surface area (Å²) >= 11 is 3.43. The Labute approximate surface area is 105 Å². The van der Waals surface area contributed by atoms with Gasteiger partial charge in [-0.2, -0.15) is 0 Å². The van der Waals surface area contributed by atoms with Crippen molar-refractivity contribution >= 4 is 21.9 Å². The van der Waals surface area contributed by atoms with Crippen LogP contribution in [0, 0.1) is 6.92 Å². The number of carbonyl (C=O) groups excluding carboxylic acids is 1. The number of hydrogen-bond donors (Lipinski definition) is 0. The molecule has 2 nitrogen and oxygen atoms in total. The van der Waals surface area contributed by atoms with Crippen molar-refractivity contribution in [2.75, 3.05) is 12.4 Å². The summed E-state index contributed by atoms with van der Waals surface area (Å²) in [6.45, 7) is 2.09. The predicted octanol–water partition coefficient (Wildman–Crippen LogP) is 3.04. The Morgan fingerprint density at radius 2 is 2.19 bits per heavy atom. The van der Waals surface area contributed by atoms with Gasteiger partial charge >= 0.3 is 5.97 Å². The molecule has 1 rings (SSSR count). The van der Waals surface area contributed by atoms with E-state index in [9.17, 15) is 4.79 Å². The molecule has 0 bridgehead atoms. The lowest BCUT2D eigenvalue weighted by Crippen LogP contribution is -2.05. The number of methoxy groups -OCH3 is 1. The fourth-order valence-electron chi connectivity index (χ4n) is 1.64. The topological polar surface area (TPSA) is 26.3 Å². The molecule has 0 spiro atoms. The maximum Gasteiger partial charge on any atom is 0.309 e. The van der Waals surface area contributed by atoms with Crippen LogP contribution in [0.1, 0.15) is 23.1 Å². The molecule has 0 unspecified atom stereocenters. The summed E-state index contributed by atoms with van der Waals surface area (Å²) in [7, 11) is 1.42. The largest absolute Gasteiger partial charge is 0.469 e. The highest BCUT2D eigenvalue weighted by Gasteiger charge is 2.05. The van der Waals surface area contributed by atoms with Gasteiger partial charge in [-0.3, -0.25) is 4.79 Å². The highest BCUT2D eigenvalue weighted by molar-refractivity contribution is 9.09. The summed E-state index contributed by atoms with van der Waals surface area (Å²) in [5.74, 6) is -0.187. The Bertz CT molecular complexity index is 361. The molecule has 0 fully saturated rings. The van der Waals surface area contributed by atoms with Crippen molar-refractivity contribution in [2.24, 2.45) is 0 Å². The maximum absolute atomic E-state index is 11.1. The number of carbonyl (C=O) groups is 1. The highest BCUT2D eigenvalue weighted by Crippen LogP contribution is 2.14. The minimum atomic E-state index is -0.187. The van der Waals surface area contributed by atoms with Crippen LogP contribution in [0.25, 0.3) is 0 Å². The van der Waals surface area contributed by atoms with Crippen LogP contribution in [0.4, 0.5) is 0 Å². The number of ether oxygens (including phenoxy) is 1. The first kappa shape index (κ1) is 13.2. The van der Waals surface area contributed by atoms with E-state index in [2.05, 4.69) is 39.7 Å². The van der Waals surface area contributed by atoms with Gasteiger partial charge in [0.1, 0.15) is 0 Å². The van der Waals surface area contributed by atoms with E-state index in [0.717, 1.165) is 23.7 Å². The van der Waals surface area contributed by atoms with E-state index < -0.39 is 0 Å². The lowest BCUT2D eigenvalue weighted by molar-refractivity contribution is -0.139. The van der Waals surface area contributed by atoms with Crippen LogP contribution in [0.3, 0.4) is 0 Å². The molecule has 1 aromatic rings. The summed E-state index contributed by atoms with van der Waals surface area (Å²) in [4.78, 5) is 11.1. The molecule has 88 valence electrons. The average Bonchev–Trinajstić information content (AvgIpc) is 2.28. The van der Waals surface area contributed by atoms with Gasteiger partial charge in [0.25, 0.3) is 0 Å². The zero-order valence-corrected chi connectivity index (χ0v) is 11.3. The van der Waals surface area contributed by atoms with E-state index in [0.29, 0.717) is 6.42 Å². The van der Waals surface area contributed by atoms with Crippen molar-refractivity contribution in [3.63, 3.8) is 0 Å². The second-order valence-electron chi connectivity index (χ2n) is 3.81. The van der Waals surface area contributed by atoms with Crippen molar-refractivity contribution in [1.29, 1.82) is 0 Å². The number of benzene rings is 1. The minimum Gasteiger partial charge on any atom is -0.469 e. The first-order chi connectivity index (χ1) is 7.67. The van der Waals surface area contributed by atoms with Crippen molar-refractivity contribution in [3.8, 4) is 0 Å². The molecule has 0 amide bonds. The third-order valence-corrected chi connectivity index (χ3v) is 3.12. The van der Waals surface area contributed by atoms with Crippen molar-refractivity contribution in [3.05, 3.63) is 34.9 Å². The number of rotatable bonds is 5. The van der Waals surface area contributed by atoms with Gasteiger partial charge in [-0.15, -0.1) is 0 Å². The molecule has 1 aromatic carbocycles. The van der Waals surface area contributed by atoms with Gasteiger partial charge in [0.05, 0.1) is 13.5 Å². The number of alkyl halides is 1. The Morgan fingerprint density at radius 3 is 2.75 bits per heavy atom. The zero-order chi connectivity index (χ0) is 12.0. The van der Waals surface area contributed by atoms with Crippen molar-refractivity contribution in [2.45, 2.75) is 26.2 Å². The number of esters is 1. The monoisotopic (exact) mass is 284 g/mol. The second-order valence-corrected chi connectivity index (χ2v) is 4.60. The number of aryl methyl sites for hydroxylation is 2. The normalized spacial score (nSPS) is 10.2. The standard InChI is InChI=1S/C13H17BrO2/c1-10-8-11(9-13(15)16-2)5-6-12(10)4-3-7-14/h5-6,8H,3-4,7,9H2,1-2H3. The third kappa shape index (κ3) is 3.97. The van der Waals surface area contributed by atoms with E-state index >= 15 is 0 Å². The van der Waals surface area contributed by atoms with Gasteiger partial charge < -0.3 is 4.74 Å². The van der Waals surface area contributed by atoms with Crippen LogP contribution in [0.2, 0.25) is 0 Å². The Balaban J connectivity index is 2.70. The molecule has 0 atom stereocenters. The molecule has 0 N–H and O–H groups in total. The molecule has 0 aromatic heterocycles. The molecule has 0 radical (unpaired) electrons. The van der Waals surface area contributed by atoms with Crippen LogP contribution >= 0.6 is 15.9 Å². The van der Waals surface area contributed by atoms with Crippen LogP contribution < -0.4 is 0 Å². The maximum atomic E-state index is 11.1. The summed E-state index contributed by atoms with van der Waals surface area (Å²) in [5, 5.41) is 1.02. The van der Waals surface area contributed by atoms with Crippen molar-refractivity contribution < 1.29 is 9.53 Å². The summed E-state index contributed by atoms with van der Waals surface area (Å²) in [6.07, 6.45) is 2.57. The third-order valence-electron chi connectivity index (χ3n) is 2.56. The van der Waals surface area contributed by atoms with E-state index in [4.69, 9.17) is 0 Å². The molecular weight excluding hydrogens is 268 g/mol. The van der Waals surface area contributed by atoms with Crippen LogP contribution in [-0.2, 0) is 22.4 Å². The van der Waals surface area contributed by atoms with Crippen LogP contribution in [0.5, 0.6) is 0 Å². The molecule has 0 aliphatic heterocycles. The van der Waals surface area contributed by atoms with Crippen LogP contribution in [0.15, 0.2) is 18.2 Å². The second kappa shape index (κ2) is 6.69. The van der Waals surface area contributed by atoms with Crippen molar-refractivity contribution in [1.82, 2.24) is 0 Å². The summed E-state index contributed by atoms with van der Waals surface area (Å²) in [6, 6.07) is 6.18. The van der Waals surface area contributed by atoms with E-state index in [1.165, 1.54) is 18.2 Å². The lowest BCUT2D eigenvalue weighted by atomic mass is 10.0. The van der Waals surface area contributed by atoms with Crippen LogP contribution in [-0.4, -0.2) is 18.4 Å². The minimum absolute atomic E-state index is 0.187. The summed E-state index contributed by atoms with van der Waals surface area (Å²) in [5.41, 5.74) is 3.63. The van der Waals surface area contributed by atoms with E-state index in [-0.39, 0.29) is 5.97 Å². The fraction of sp³-hybridized carbons (Fsp3) is 0.462. The molecule has 0 aliphatic rings. The molecule has 3 heteroatoms. The molecule has 0 saturated heterocycles. The lowest BCUT2D eigenvalue weighted by Gasteiger charge is -2.07. The average molecular weight is 285 g/mol. The first-order valence-electron chi connectivity index (χ1n) is 5.38. The molecule has 0 aliphatic carbocycles. The quantitative estimate of drug-likeness (QED) is 0.614.